The molecule has 0 spiro atoms. The SMILES string of the molecule is N#CC1CN1C1CC2CCC1C2. The lowest BCUT2D eigenvalue weighted by atomic mass is 9.95. The smallest absolute Gasteiger partial charge is 0.111 e. The van der Waals surface area contributed by atoms with E-state index in [9.17, 15) is 0 Å². The summed E-state index contributed by atoms with van der Waals surface area (Å²) in [7, 11) is 0. The molecule has 0 radical (unpaired) electrons. The summed E-state index contributed by atoms with van der Waals surface area (Å²) in [5.74, 6) is 1.97. The van der Waals surface area contributed by atoms with Gasteiger partial charge < -0.3 is 0 Å². The second-order valence-corrected chi connectivity index (χ2v) is 4.58. The molecule has 1 aliphatic heterocycles. The zero-order valence-corrected chi connectivity index (χ0v) is 7.24. The van der Waals surface area contributed by atoms with Crippen LogP contribution in [0.4, 0.5) is 0 Å². The second-order valence-electron chi connectivity index (χ2n) is 4.58. The molecule has 2 saturated carbocycles. The van der Waals surface area contributed by atoms with Crippen molar-refractivity contribution in [3.63, 3.8) is 0 Å². The van der Waals surface area contributed by atoms with E-state index in [0.717, 1.165) is 24.4 Å². The average molecular weight is 162 g/mol. The summed E-state index contributed by atoms with van der Waals surface area (Å²) in [4.78, 5) is 2.41. The molecule has 2 aliphatic carbocycles. The lowest BCUT2D eigenvalue weighted by molar-refractivity contribution is 0.270. The number of nitriles is 1. The van der Waals surface area contributed by atoms with E-state index in [1.54, 1.807) is 0 Å². The summed E-state index contributed by atoms with van der Waals surface area (Å²) < 4.78 is 0. The van der Waals surface area contributed by atoms with Crippen molar-refractivity contribution in [2.24, 2.45) is 11.8 Å². The Morgan fingerprint density at radius 2 is 2.17 bits per heavy atom. The van der Waals surface area contributed by atoms with Crippen molar-refractivity contribution in [3.05, 3.63) is 0 Å². The molecule has 0 amide bonds. The highest BCUT2D eigenvalue weighted by atomic mass is 15.3. The zero-order chi connectivity index (χ0) is 8.13. The van der Waals surface area contributed by atoms with Crippen LogP contribution in [0.5, 0.6) is 0 Å². The van der Waals surface area contributed by atoms with E-state index in [4.69, 9.17) is 5.26 Å². The highest BCUT2D eigenvalue weighted by Gasteiger charge is 2.49. The number of hydrogen-bond acceptors (Lipinski definition) is 2. The van der Waals surface area contributed by atoms with Crippen molar-refractivity contribution >= 4 is 0 Å². The fourth-order valence-corrected chi connectivity index (χ4v) is 3.25. The van der Waals surface area contributed by atoms with Crippen molar-refractivity contribution in [2.75, 3.05) is 6.54 Å². The topological polar surface area (TPSA) is 26.8 Å². The quantitative estimate of drug-likeness (QED) is 0.545. The fraction of sp³-hybridized carbons (Fsp3) is 0.900. The van der Waals surface area contributed by atoms with Gasteiger partial charge in [-0.15, -0.1) is 0 Å². The van der Waals surface area contributed by atoms with Gasteiger partial charge in [-0.3, -0.25) is 4.90 Å². The maximum atomic E-state index is 8.72. The van der Waals surface area contributed by atoms with Crippen molar-refractivity contribution in [2.45, 2.75) is 37.8 Å². The molecule has 5 unspecified atom stereocenters. The molecule has 2 nitrogen and oxygen atoms in total. The summed E-state index contributed by atoms with van der Waals surface area (Å²) >= 11 is 0. The molecule has 0 N–H and O–H groups in total. The van der Waals surface area contributed by atoms with Crippen LogP contribution in [0.3, 0.4) is 0 Å². The molecule has 3 rings (SSSR count). The summed E-state index contributed by atoms with van der Waals surface area (Å²) in [6.45, 7) is 1.06. The first kappa shape index (κ1) is 6.91. The predicted molar refractivity (Wildman–Crippen MR) is 45.3 cm³/mol. The Kier molecular flexibility index (Phi) is 1.29. The van der Waals surface area contributed by atoms with E-state index in [1.165, 1.54) is 25.7 Å². The fourth-order valence-electron chi connectivity index (χ4n) is 3.25. The molecule has 0 aromatic rings. The Labute approximate surface area is 73.2 Å². The first-order valence-corrected chi connectivity index (χ1v) is 5.04. The standard InChI is InChI=1S/C10H14N2/c11-5-9-6-12(9)10-4-7-1-2-8(10)3-7/h7-10H,1-4,6H2. The van der Waals surface area contributed by atoms with Gasteiger partial charge in [-0.05, 0) is 31.1 Å². The Morgan fingerprint density at radius 1 is 1.25 bits per heavy atom. The van der Waals surface area contributed by atoms with Crippen LogP contribution in [0.25, 0.3) is 0 Å². The Balaban J connectivity index is 1.69. The summed E-state index contributed by atoms with van der Waals surface area (Å²) in [5.41, 5.74) is 0. The first-order chi connectivity index (χ1) is 5.88. The number of nitrogens with zero attached hydrogens (tertiary/aromatic N) is 2. The molecule has 3 aliphatic rings. The highest BCUT2D eigenvalue weighted by molar-refractivity contribution is 5.11. The molecule has 0 aromatic heterocycles. The maximum absolute atomic E-state index is 8.72. The molecule has 5 atom stereocenters. The van der Waals surface area contributed by atoms with Gasteiger partial charge in [-0.2, -0.15) is 5.26 Å². The normalized spacial score (nSPS) is 55.4. The van der Waals surface area contributed by atoms with Crippen LogP contribution in [-0.4, -0.2) is 23.5 Å². The molecule has 0 aromatic carbocycles. The minimum absolute atomic E-state index is 0.286. The van der Waals surface area contributed by atoms with Crippen molar-refractivity contribution < 1.29 is 0 Å². The van der Waals surface area contributed by atoms with E-state index in [-0.39, 0.29) is 6.04 Å². The highest BCUT2D eigenvalue weighted by Crippen LogP contribution is 2.49. The third kappa shape index (κ3) is 0.834. The van der Waals surface area contributed by atoms with Crippen LogP contribution in [0.15, 0.2) is 0 Å². The Bertz CT molecular complexity index is 243. The molecule has 1 saturated heterocycles. The minimum atomic E-state index is 0.286. The van der Waals surface area contributed by atoms with Gasteiger partial charge in [0.05, 0.1) is 6.07 Å². The lowest BCUT2D eigenvalue weighted by Crippen LogP contribution is -2.26. The van der Waals surface area contributed by atoms with Crippen LogP contribution in [0.2, 0.25) is 0 Å². The number of rotatable bonds is 1. The van der Waals surface area contributed by atoms with Gasteiger partial charge in [-0.1, -0.05) is 6.42 Å². The minimum Gasteiger partial charge on any atom is -0.281 e. The average Bonchev–Trinajstić information content (AvgIpc) is 2.59. The van der Waals surface area contributed by atoms with Crippen LogP contribution in [0, 0.1) is 23.2 Å². The Hall–Kier alpha value is -0.550. The van der Waals surface area contributed by atoms with Crippen molar-refractivity contribution in [1.82, 2.24) is 4.90 Å². The Morgan fingerprint density at radius 3 is 2.67 bits per heavy atom. The first-order valence-electron chi connectivity index (χ1n) is 5.04. The maximum Gasteiger partial charge on any atom is 0.111 e. The molecule has 3 fully saturated rings. The van der Waals surface area contributed by atoms with E-state index >= 15 is 0 Å². The van der Waals surface area contributed by atoms with Gasteiger partial charge in [0.25, 0.3) is 0 Å². The molecule has 64 valence electrons. The number of fused-ring (bicyclic) bond motifs is 2. The predicted octanol–water partition coefficient (Wildman–Crippen LogP) is 1.38. The van der Waals surface area contributed by atoms with E-state index < -0.39 is 0 Å². The lowest BCUT2D eigenvalue weighted by Gasteiger charge is -2.22. The third-order valence-electron chi connectivity index (χ3n) is 3.93. The number of hydrogen-bond donors (Lipinski definition) is 0. The summed E-state index contributed by atoms with van der Waals surface area (Å²) in [6.07, 6.45) is 5.75. The van der Waals surface area contributed by atoms with Gasteiger partial charge in [-0.25, -0.2) is 0 Å². The van der Waals surface area contributed by atoms with Gasteiger partial charge in [0.2, 0.25) is 0 Å². The molecular formula is C10H14N2. The van der Waals surface area contributed by atoms with Crippen LogP contribution >= 0.6 is 0 Å². The molecule has 12 heavy (non-hydrogen) atoms. The van der Waals surface area contributed by atoms with Crippen LogP contribution in [0.1, 0.15) is 25.7 Å². The van der Waals surface area contributed by atoms with Gasteiger partial charge in [0.15, 0.2) is 0 Å². The van der Waals surface area contributed by atoms with Crippen molar-refractivity contribution in [3.8, 4) is 6.07 Å². The van der Waals surface area contributed by atoms with E-state index in [2.05, 4.69) is 11.0 Å². The van der Waals surface area contributed by atoms with E-state index in [1.807, 2.05) is 0 Å². The monoisotopic (exact) mass is 162 g/mol. The molecule has 2 heteroatoms. The zero-order valence-electron chi connectivity index (χ0n) is 7.24. The van der Waals surface area contributed by atoms with Gasteiger partial charge in [0.1, 0.15) is 6.04 Å². The third-order valence-corrected chi connectivity index (χ3v) is 3.93. The van der Waals surface area contributed by atoms with Gasteiger partial charge >= 0.3 is 0 Å². The van der Waals surface area contributed by atoms with Crippen molar-refractivity contribution in [1.29, 1.82) is 5.26 Å². The second kappa shape index (κ2) is 2.23. The summed E-state index contributed by atoms with van der Waals surface area (Å²) in [5, 5.41) is 8.72. The van der Waals surface area contributed by atoms with Crippen LogP contribution < -0.4 is 0 Å². The van der Waals surface area contributed by atoms with E-state index in [0.29, 0.717) is 0 Å². The molecular weight excluding hydrogens is 148 g/mol. The summed E-state index contributed by atoms with van der Waals surface area (Å²) in [6, 6.07) is 3.44. The largest absolute Gasteiger partial charge is 0.281 e. The molecule has 2 bridgehead atoms. The molecule has 1 heterocycles. The van der Waals surface area contributed by atoms with Gasteiger partial charge in [0, 0.05) is 12.6 Å². The van der Waals surface area contributed by atoms with Crippen LogP contribution in [-0.2, 0) is 0 Å².